The van der Waals surface area contributed by atoms with Gasteiger partial charge in [0.2, 0.25) is 0 Å². The Kier molecular flexibility index (Phi) is 7.83. The maximum absolute atomic E-state index is 6.77. The van der Waals surface area contributed by atoms with Crippen LogP contribution in [0, 0.1) is 0 Å². The van der Waals surface area contributed by atoms with E-state index in [1.165, 1.54) is 50.0 Å². The lowest BCUT2D eigenvalue weighted by atomic mass is 9.70. The molecule has 0 saturated carbocycles. The molecule has 0 N–H and O–H groups in total. The monoisotopic (exact) mass is 842 g/mol. The highest BCUT2D eigenvalue weighted by atomic mass is 16.3. The van der Waals surface area contributed by atoms with Gasteiger partial charge in [-0.3, -0.25) is 9.97 Å². The Hall–Kier alpha value is -8.80. The van der Waals surface area contributed by atoms with Crippen LogP contribution in [-0.2, 0) is 5.41 Å². The van der Waals surface area contributed by atoms with Crippen LogP contribution in [0.3, 0.4) is 0 Å². The summed E-state index contributed by atoms with van der Waals surface area (Å²) in [4.78, 5) is 12.1. The molecule has 66 heavy (non-hydrogen) atoms. The van der Waals surface area contributed by atoms with Crippen molar-refractivity contribution in [2.24, 2.45) is 0 Å². The third-order valence-electron chi connectivity index (χ3n) is 13.9. The number of rotatable bonds is 6. The summed E-state index contributed by atoms with van der Waals surface area (Å²) in [5.41, 5.74) is 20.2. The summed E-state index contributed by atoms with van der Waals surface area (Å²) >= 11 is 0. The van der Waals surface area contributed by atoms with Crippen LogP contribution in [0.2, 0.25) is 0 Å². The van der Waals surface area contributed by atoms with Crippen LogP contribution in [0.5, 0.6) is 0 Å². The van der Waals surface area contributed by atoms with Crippen molar-refractivity contribution in [3.63, 3.8) is 0 Å². The lowest BCUT2D eigenvalue weighted by molar-refractivity contribution is 0.669. The molecule has 2 aliphatic carbocycles. The van der Waals surface area contributed by atoms with E-state index in [1.54, 1.807) is 0 Å². The van der Waals surface area contributed by atoms with E-state index < -0.39 is 5.41 Å². The Morgan fingerprint density at radius 2 is 1.03 bits per heavy atom. The number of nitrogens with zero attached hydrogens (tertiary/aromatic N) is 4. The van der Waals surface area contributed by atoms with Crippen LogP contribution < -0.4 is 4.90 Å². The first-order chi connectivity index (χ1) is 32.8. The molecule has 0 unspecified atom stereocenters. The lowest BCUT2D eigenvalue weighted by Gasteiger charge is -2.30. The van der Waals surface area contributed by atoms with Crippen molar-refractivity contribution >= 4 is 49.9 Å². The summed E-state index contributed by atoms with van der Waals surface area (Å²) < 4.78 is 9.28. The fourth-order valence-corrected chi connectivity index (χ4v) is 11.3. The zero-order chi connectivity index (χ0) is 43.3. The largest absolute Gasteiger partial charge is 0.454 e. The maximum atomic E-state index is 6.77. The molecule has 0 amide bonds. The van der Waals surface area contributed by atoms with E-state index >= 15 is 0 Å². The van der Waals surface area contributed by atoms with Crippen molar-refractivity contribution in [1.29, 1.82) is 0 Å². The van der Waals surface area contributed by atoms with Gasteiger partial charge in [0.15, 0.2) is 5.58 Å². The molecule has 308 valence electrons. The van der Waals surface area contributed by atoms with E-state index in [2.05, 4.69) is 210 Å². The summed E-state index contributed by atoms with van der Waals surface area (Å²) in [6.45, 7) is 0. The predicted octanol–water partition coefficient (Wildman–Crippen LogP) is 15.5. The number of fused-ring (bicyclic) bond motifs is 15. The van der Waals surface area contributed by atoms with Crippen molar-refractivity contribution in [2.75, 3.05) is 4.90 Å². The molecule has 2 aliphatic rings. The zero-order valence-corrected chi connectivity index (χ0v) is 35.6. The normalized spacial score (nSPS) is 13.0. The molecule has 5 heteroatoms. The highest BCUT2D eigenvalue weighted by Crippen LogP contribution is 2.65. The smallest absolute Gasteiger partial charge is 0.159 e. The Morgan fingerprint density at radius 3 is 1.71 bits per heavy atom. The minimum Gasteiger partial charge on any atom is -0.454 e. The van der Waals surface area contributed by atoms with Crippen molar-refractivity contribution < 1.29 is 4.42 Å². The van der Waals surface area contributed by atoms with Gasteiger partial charge in [0, 0.05) is 67.9 Å². The molecule has 0 atom stereocenters. The van der Waals surface area contributed by atoms with Gasteiger partial charge in [-0.1, -0.05) is 133 Å². The van der Waals surface area contributed by atoms with Crippen LogP contribution in [-0.4, -0.2) is 14.5 Å². The second-order valence-corrected chi connectivity index (χ2v) is 17.3. The van der Waals surface area contributed by atoms with Crippen molar-refractivity contribution in [3.05, 3.63) is 253 Å². The zero-order valence-electron chi connectivity index (χ0n) is 35.6. The van der Waals surface area contributed by atoms with Gasteiger partial charge < -0.3 is 13.9 Å². The van der Waals surface area contributed by atoms with E-state index in [0.717, 1.165) is 72.7 Å². The average Bonchev–Trinajstić information content (AvgIpc) is 4.11. The van der Waals surface area contributed by atoms with Gasteiger partial charge in [-0.2, -0.15) is 0 Å². The molecule has 5 nitrogen and oxygen atoms in total. The highest BCUT2D eigenvalue weighted by molar-refractivity contribution is 6.11. The van der Waals surface area contributed by atoms with Crippen LogP contribution >= 0.6 is 0 Å². The number of hydrogen-bond donors (Lipinski definition) is 0. The van der Waals surface area contributed by atoms with Gasteiger partial charge >= 0.3 is 0 Å². The third-order valence-corrected chi connectivity index (χ3v) is 13.9. The van der Waals surface area contributed by atoms with Crippen molar-refractivity contribution in [3.8, 4) is 50.6 Å². The minimum atomic E-state index is -0.597. The molecule has 4 aromatic heterocycles. The fraction of sp³-hybridized carbons (Fsp3) is 0.0164. The van der Waals surface area contributed by atoms with Crippen LogP contribution in [0.1, 0.15) is 22.3 Å². The molecule has 0 bridgehead atoms. The SMILES string of the molecule is c1ccc(N(c2ccc3c(c2)c2c(n3-c3cc(-c4ccccn4)cc(-c4ccccn4)c3)-c3ccccc3C23c2ccccc2-c2ccccc23)c2cccc3c2oc2ccccc23)cc1. The van der Waals surface area contributed by atoms with Gasteiger partial charge in [0.25, 0.3) is 0 Å². The van der Waals surface area contributed by atoms with Gasteiger partial charge in [0.05, 0.1) is 33.7 Å². The number of pyridine rings is 2. The van der Waals surface area contributed by atoms with E-state index in [-0.39, 0.29) is 0 Å². The molecular weight excluding hydrogens is 805 g/mol. The molecule has 4 heterocycles. The highest BCUT2D eigenvalue weighted by Gasteiger charge is 2.54. The van der Waals surface area contributed by atoms with Crippen LogP contribution in [0.25, 0.3) is 83.4 Å². The first-order valence-electron chi connectivity index (χ1n) is 22.5. The van der Waals surface area contributed by atoms with E-state index in [9.17, 15) is 0 Å². The molecule has 1 spiro atoms. The van der Waals surface area contributed by atoms with E-state index in [1.807, 2.05) is 30.6 Å². The summed E-state index contributed by atoms with van der Waals surface area (Å²) in [6.07, 6.45) is 3.73. The number of hydrogen-bond acceptors (Lipinski definition) is 4. The summed E-state index contributed by atoms with van der Waals surface area (Å²) in [5, 5.41) is 3.36. The Labute approximate surface area is 381 Å². The summed E-state index contributed by atoms with van der Waals surface area (Å²) in [6, 6.07) is 78.7. The Balaban J connectivity index is 1.13. The van der Waals surface area contributed by atoms with Gasteiger partial charge in [-0.25, -0.2) is 0 Å². The molecular formula is C61H38N4O. The van der Waals surface area contributed by atoms with E-state index in [4.69, 9.17) is 14.4 Å². The fourth-order valence-electron chi connectivity index (χ4n) is 11.3. The van der Waals surface area contributed by atoms with Gasteiger partial charge in [0.1, 0.15) is 5.58 Å². The topological polar surface area (TPSA) is 47.1 Å². The molecule has 14 rings (SSSR count). The Bertz CT molecular complexity index is 3790. The van der Waals surface area contributed by atoms with Crippen LogP contribution in [0.4, 0.5) is 17.1 Å². The molecule has 0 saturated heterocycles. The Morgan fingerprint density at radius 1 is 0.439 bits per heavy atom. The van der Waals surface area contributed by atoms with E-state index in [0.29, 0.717) is 0 Å². The number of para-hydroxylation sites is 3. The molecule has 8 aromatic carbocycles. The van der Waals surface area contributed by atoms with Gasteiger partial charge in [-0.15, -0.1) is 0 Å². The number of furan rings is 1. The van der Waals surface area contributed by atoms with Crippen molar-refractivity contribution in [1.82, 2.24) is 14.5 Å². The maximum Gasteiger partial charge on any atom is 0.159 e. The molecule has 0 radical (unpaired) electrons. The quantitative estimate of drug-likeness (QED) is 0.167. The minimum absolute atomic E-state index is 0.597. The molecule has 0 fully saturated rings. The number of aromatic nitrogens is 3. The van der Waals surface area contributed by atoms with Crippen LogP contribution in [0.15, 0.2) is 235 Å². The summed E-state index contributed by atoms with van der Waals surface area (Å²) in [7, 11) is 0. The second kappa shape index (κ2) is 14.1. The second-order valence-electron chi connectivity index (χ2n) is 17.3. The molecule has 12 aromatic rings. The first kappa shape index (κ1) is 36.7. The average molecular weight is 843 g/mol. The predicted molar refractivity (Wildman–Crippen MR) is 268 cm³/mol. The van der Waals surface area contributed by atoms with Crippen molar-refractivity contribution in [2.45, 2.75) is 5.41 Å². The number of anilines is 3. The standard InChI is InChI=1S/C61H38N4O/c1-2-17-41(18-3-1)64(56-29-16-23-47-46-21-7-11-30-57(46)66-60(47)56)42-31-32-55-49(38-42)58-59(65(55)43-36-39(53-27-12-14-33-62-53)35-40(37-43)54-28-13-15-34-63-54)48-22-6-10-26-52(48)61(58)50-24-8-4-19-44(50)45-20-5-9-25-51(45)61/h1-38H. The number of benzene rings is 8. The van der Waals surface area contributed by atoms with Gasteiger partial charge in [-0.05, 0) is 113 Å². The first-order valence-corrected chi connectivity index (χ1v) is 22.5. The summed E-state index contributed by atoms with van der Waals surface area (Å²) in [5.74, 6) is 0. The third kappa shape index (κ3) is 5.11. The lowest BCUT2D eigenvalue weighted by Crippen LogP contribution is -2.25. The molecule has 0 aliphatic heterocycles.